The van der Waals surface area contributed by atoms with Crippen LogP contribution in [0.4, 0.5) is 0 Å². The predicted molar refractivity (Wildman–Crippen MR) is 74.3 cm³/mol. The third-order valence-corrected chi connectivity index (χ3v) is 4.46. The lowest BCUT2D eigenvalue weighted by atomic mass is 10.3. The number of sulfonamides is 1. The van der Waals surface area contributed by atoms with Gasteiger partial charge in [0.05, 0.1) is 4.90 Å². The highest BCUT2D eigenvalue weighted by atomic mass is 79.9. The van der Waals surface area contributed by atoms with Crippen LogP contribution in [0.2, 0.25) is 5.02 Å². The average Bonchev–Trinajstić information content (AvgIpc) is 2.29. The minimum atomic E-state index is -3.42. The number of benzene rings is 1. The van der Waals surface area contributed by atoms with Gasteiger partial charge in [0.15, 0.2) is 0 Å². The van der Waals surface area contributed by atoms with Gasteiger partial charge in [0.1, 0.15) is 0 Å². The van der Waals surface area contributed by atoms with Crippen LogP contribution in [-0.2, 0) is 10.0 Å². The quantitative estimate of drug-likeness (QED) is 0.612. The Kier molecular flexibility index (Phi) is 6.48. The minimum absolute atomic E-state index is 0.213. The van der Waals surface area contributed by atoms with Crippen LogP contribution in [0.1, 0.15) is 19.3 Å². The first-order chi connectivity index (χ1) is 8.06. The summed E-state index contributed by atoms with van der Waals surface area (Å²) in [6.07, 6.45) is 2.90. The highest BCUT2D eigenvalue weighted by Gasteiger charge is 2.12. The molecule has 0 atom stereocenters. The molecule has 0 heterocycles. The summed E-state index contributed by atoms with van der Waals surface area (Å²) in [4.78, 5) is 0.213. The first kappa shape index (κ1) is 15.0. The number of rotatable bonds is 7. The van der Waals surface area contributed by atoms with Gasteiger partial charge in [-0.3, -0.25) is 0 Å². The maximum atomic E-state index is 11.8. The van der Waals surface area contributed by atoms with Crippen molar-refractivity contribution in [1.29, 1.82) is 0 Å². The Labute approximate surface area is 116 Å². The Balaban J connectivity index is 2.51. The molecule has 0 unspecified atom stereocenters. The average molecular weight is 341 g/mol. The molecular weight excluding hydrogens is 326 g/mol. The normalized spacial score (nSPS) is 11.6. The zero-order chi connectivity index (χ0) is 12.7. The molecular formula is C11H15BrClNO2S. The highest BCUT2D eigenvalue weighted by Crippen LogP contribution is 2.15. The van der Waals surface area contributed by atoms with E-state index < -0.39 is 10.0 Å². The molecule has 0 amide bonds. The van der Waals surface area contributed by atoms with Crippen molar-refractivity contribution in [3.63, 3.8) is 0 Å². The summed E-state index contributed by atoms with van der Waals surface area (Å²) in [5.41, 5.74) is 0. The van der Waals surface area contributed by atoms with Gasteiger partial charge < -0.3 is 0 Å². The molecule has 96 valence electrons. The fourth-order valence-electron chi connectivity index (χ4n) is 1.32. The highest BCUT2D eigenvalue weighted by molar-refractivity contribution is 9.09. The number of halogens is 2. The van der Waals surface area contributed by atoms with Gasteiger partial charge >= 0.3 is 0 Å². The monoisotopic (exact) mass is 339 g/mol. The van der Waals surface area contributed by atoms with Gasteiger partial charge in [-0.25, -0.2) is 13.1 Å². The summed E-state index contributed by atoms with van der Waals surface area (Å²) in [6, 6.07) is 6.26. The molecule has 0 aliphatic carbocycles. The first-order valence-electron chi connectivity index (χ1n) is 5.37. The lowest BCUT2D eigenvalue weighted by Crippen LogP contribution is -2.24. The van der Waals surface area contributed by atoms with Crippen LogP contribution >= 0.6 is 27.5 Å². The van der Waals surface area contributed by atoms with Crippen LogP contribution in [0.25, 0.3) is 0 Å². The van der Waals surface area contributed by atoms with Crippen LogP contribution in [0, 0.1) is 0 Å². The first-order valence-corrected chi connectivity index (χ1v) is 8.36. The van der Waals surface area contributed by atoms with Gasteiger partial charge in [-0.05, 0) is 31.0 Å². The molecule has 17 heavy (non-hydrogen) atoms. The molecule has 0 saturated carbocycles. The van der Waals surface area contributed by atoms with Crippen molar-refractivity contribution in [3.05, 3.63) is 29.3 Å². The van der Waals surface area contributed by atoms with E-state index in [1.165, 1.54) is 12.1 Å². The van der Waals surface area contributed by atoms with Crippen LogP contribution < -0.4 is 4.72 Å². The van der Waals surface area contributed by atoms with E-state index in [9.17, 15) is 8.42 Å². The zero-order valence-corrected chi connectivity index (χ0v) is 12.5. The summed E-state index contributed by atoms with van der Waals surface area (Å²) >= 11 is 9.09. The van der Waals surface area contributed by atoms with Gasteiger partial charge in [0.2, 0.25) is 10.0 Å². The molecule has 0 aliphatic heterocycles. The van der Waals surface area contributed by atoms with E-state index in [-0.39, 0.29) is 4.90 Å². The molecule has 1 aromatic rings. The summed E-state index contributed by atoms with van der Waals surface area (Å²) < 4.78 is 26.2. The SMILES string of the molecule is O=S(=O)(NCCCCCBr)c1cccc(Cl)c1. The van der Waals surface area contributed by atoms with Gasteiger partial charge in [-0.2, -0.15) is 0 Å². The van der Waals surface area contributed by atoms with Gasteiger partial charge in [-0.1, -0.05) is 40.0 Å². The van der Waals surface area contributed by atoms with E-state index in [0.717, 1.165) is 24.6 Å². The molecule has 0 aliphatic rings. The summed E-state index contributed by atoms with van der Waals surface area (Å²) in [7, 11) is -3.42. The second kappa shape index (κ2) is 7.36. The molecule has 6 heteroatoms. The van der Waals surface area contributed by atoms with Gasteiger partial charge in [0, 0.05) is 16.9 Å². The molecule has 0 saturated heterocycles. The smallest absolute Gasteiger partial charge is 0.211 e. The van der Waals surface area contributed by atoms with Crippen molar-refractivity contribution >= 4 is 37.6 Å². The fourth-order valence-corrected chi connectivity index (χ4v) is 3.09. The Morgan fingerprint density at radius 3 is 2.65 bits per heavy atom. The molecule has 0 fully saturated rings. The van der Waals surface area contributed by atoms with Crippen molar-refractivity contribution in [2.75, 3.05) is 11.9 Å². The second-order valence-corrected chi connectivity index (χ2v) is 6.60. The van der Waals surface area contributed by atoms with E-state index in [2.05, 4.69) is 20.7 Å². The molecule has 0 spiro atoms. The number of hydrogen-bond donors (Lipinski definition) is 1. The third-order valence-electron chi connectivity index (χ3n) is 2.21. The van der Waals surface area contributed by atoms with Crippen LogP contribution in [0.15, 0.2) is 29.2 Å². The van der Waals surface area contributed by atoms with E-state index in [0.29, 0.717) is 11.6 Å². The Morgan fingerprint density at radius 2 is 2.00 bits per heavy atom. The Morgan fingerprint density at radius 1 is 1.24 bits per heavy atom. The van der Waals surface area contributed by atoms with Crippen molar-refractivity contribution < 1.29 is 8.42 Å². The number of hydrogen-bond acceptors (Lipinski definition) is 2. The third kappa shape index (κ3) is 5.38. The van der Waals surface area contributed by atoms with Gasteiger partial charge in [-0.15, -0.1) is 0 Å². The molecule has 1 aromatic carbocycles. The zero-order valence-electron chi connectivity index (χ0n) is 9.33. The number of nitrogens with one attached hydrogen (secondary N) is 1. The van der Waals surface area contributed by atoms with E-state index in [4.69, 9.17) is 11.6 Å². The van der Waals surface area contributed by atoms with Crippen molar-refractivity contribution in [1.82, 2.24) is 4.72 Å². The Bertz CT molecular complexity index is 451. The molecule has 1 rings (SSSR count). The van der Waals surface area contributed by atoms with Gasteiger partial charge in [0.25, 0.3) is 0 Å². The van der Waals surface area contributed by atoms with E-state index >= 15 is 0 Å². The molecule has 0 bridgehead atoms. The minimum Gasteiger partial charge on any atom is -0.211 e. The maximum Gasteiger partial charge on any atom is 0.240 e. The second-order valence-electron chi connectivity index (χ2n) is 3.60. The van der Waals surface area contributed by atoms with Crippen molar-refractivity contribution in [2.24, 2.45) is 0 Å². The summed E-state index contributed by atoms with van der Waals surface area (Å²) in [6.45, 7) is 0.460. The molecule has 1 N–H and O–H groups in total. The largest absolute Gasteiger partial charge is 0.240 e. The predicted octanol–water partition coefficient (Wildman–Crippen LogP) is 3.18. The molecule has 0 aromatic heterocycles. The Hall–Kier alpha value is -0.100. The van der Waals surface area contributed by atoms with E-state index in [1.807, 2.05) is 0 Å². The number of alkyl halides is 1. The standard InChI is InChI=1S/C11H15BrClNO2S/c12-7-2-1-3-8-14-17(15,16)11-6-4-5-10(13)9-11/h4-6,9,14H,1-3,7-8H2. The summed E-state index contributed by atoms with van der Waals surface area (Å²) in [5, 5.41) is 1.38. The van der Waals surface area contributed by atoms with Crippen molar-refractivity contribution in [2.45, 2.75) is 24.2 Å². The lowest BCUT2D eigenvalue weighted by Gasteiger charge is -2.06. The topological polar surface area (TPSA) is 46.2 Å². The van der Waals surface area contributed by atoms with Crippen LogP contribution in [0.3, 0.4) is 0 Å². The lowest BCUT2D eigenvalue weighted by molar-refractivity contribution is 0.576. The van der Waals surface area contributed by atoms with E-state index in [1.54, 1.807) is 12.1 Å². The van der Waals surface area contributed by atoms with Crippen molar-refractivity contribution in [3.8, 4) is 0 Å². The van der Waals surface area contributed by atoms with Crippen LogP contribution in [-0.4, -0.2) is 20.3 Å². The fraction of sp³-hybridized carbons (Fsp3) is 0.455. The summed E-state index contributed by atoms with van der Waals surface area (Å²) in [5.74, 6) is 0. The maximum absolute atomic E-state index is 11.8. The number of unbranched alkanes of at least 4 members (excludes halogenated alkanes) is 2. The van der Waals surface area contributed by atoms with Crippen LogP contribution in [0.5, 0.6) is 0 Å². The molecule has 0 radical (unpaired) electrons. The molecule has 3 nitrogen and oxygen atoms in total.